The SMILES string of the molecule is Cc1nnc(C)n1N=Cc1cc(Cl)cc([N+](=O)[O-])c1O. The molecule has 0 bridgehead atoms. The minimum atomic E-state index is -0.714. The smallest absolute Gasteiger partial charge is 0.312 e. The first-order valence-corrected chi connectivity index (χ1v) is 5.88. The molecule has 1 aromatic heterocycles. The van der Waals surface area contributed by atoms with Gasteiger partial charge in [-0.05, 0) is 19.9 Å². The summed E-state index contributed by atoms with van der Waals surface area (Å²) in [6, 6.07) is 2.45. The summed E-state index contributed by atoms with van der Waals surface area (Å²) in [6.45, 7) is 3.41. The van der Waals surface area contributed by atoms with E-state index >= 15 is 0 Å². The van der Waals surface area contributed by atoms with Crippen LogP contribution in [0.3, 0.4) is 0 Å². The summed E-state index contributed by atoms with van der Waals surface area (Å²) in [5.41, 5.74) is -0.340. The van der Waals surface area contributed by atoms with E-state index in [1.54, 1.807) is 13.8 Å². The Kier molecular flexibility index (Phi) is 3.66. The second-order valence-corrected chi connectivity index (χ2v) is 4.41. The van der Waals surface area contributed by atoms with Crippen LogP contribution in [0.2, 0.25) is 5.02 Å². The van der Waals surface area contributed by atoms with Crippen molar-refractivity contribution in [3.05, 3.63) is 44.5 Å². The summed E-state index contributed by atoms with van der Waals surface area (Å²) in [6.07, 6.45) is 1.26. The molecule has 0 unspecified atom stereocenters. The second kappa shape index (κ2) is 5.25. The summed E-state index contributed by atoms with van der Waals surface area (Å²) < 4.78 is 1.44. The van der Waals surface area contributed by atoms with Crippen molar-refractivity contribution in [2.24, 2.45) is 5.10 Å². The van der Waals surface area contributed by atoms with Gasteiger partial charge in [-0.25, -0.2) is 4.68 Å². The van der Waals surface area contributed by atoms with Gasteiger partial charge in [0.15, 0.2) is 11.6 Å². The maximum Gasteiger partial charge on any atom is 0.312 e. The Morgan fingerprint density at radius 1 is 1.40 bits per heavy atom. The summed E-state index contributed by atoms with van der Waals surface area (Å²) in [7, 11) is 0. The molecule has 20 heavy (non-hydrogen) atoms. The molecule has 0 fully saturated rings. The Balaban J connectivity index is 2.47. The van der Waals surface area contributed by atoms with Crippen molar-refractivity contribution >= 4 is 23.5 Å². The molecule has 0 aliphatic carbocycles. The van der Waals surface area contributed by atoms with Crippen molar-refractivity contribution in [1.82, 2.24) is 14.9 Å². The average molecular weight is 296 g/mol. The number of phenolic OH excluding ortho intramolecular Hbond substituents is 1. The standard InChI is InChI=1S/C11H10ClN5O3/c1-6-14-15-7(2)16(6)13-5-8-3-9(12)4-10(11(8)18)17(19)20/h3-5,18H,1-2H3. The highest BCUT2D eigenvalue weighted by Gasteiger charge is 2.17. The van der Waals surface area contributed by atoms with Gasteiger partial charge in [0.2, 0.25) is 5.75 Å². The molecule has 104 valence electrons. The van der Waals surface area contributed by atoms with Crippen LogP contribution in [0.1, 0.15) is 17.2 Å². The zero-order chi connectivity index (χ0) is 14.9. The third-order valence-electron chi connectivity index (χ3n) is 2.55. The molecule has 0 aliphatic rings. The molecule has 2 rings (SSSR count). The van der Waals surface area contributed by atoms with E-state index in [9.17, 15) is 15.2 Å². The number of phenols is 1. The van der Waals surface area contributed by atoms with Gasteiger partial charge in [0.25, 0.3) is 0 Å². The molecule has 8 nitrogen and oxygen atoms in total. The van der Waals surface area contributed by atoms with Gasteiger partial charge in [-0.2, -0.15) is 5.10 Å². The lowest BCUT2D eigenvalue weighted by Crippen LogP contribution is -1.97. The molecule has 2 aromatic rings. The molecular weight excluding hydrogens is 286 g/mol. The maximum absolute atomic E-state index is 10.8. The van der Waals surface area contributed by atoms with Gasteiger partial charge in [-0.15, -0.1) is 10.2 Å². The topological polar surface area (TPSA) is 106 Å². The summed E-state index contributed by atoms with van der Waals surface area (Å²) in [5, 5.41) is 32.4. The molecular formula is C11H10ClN5O3. The van der Waals surface area contributed by atoms with Crippen molar-refractivity contribution in [3.63, 3.8) is 0 Å². The van der Waals surface area contributed by atoms with E-state index in [4.69, 9.17) is 11.6 Å². The van der Waals surface area contributed by atoms with Gasteiger partial charge in [0, 0.05) is 16.7 Å². The molecule has 0 amide bonds. The van der Waals surface area contributed by atoms with Crippen LogP contribution in [0.4, 0.5) is 5.69 Å². The van der Waals surface area contributed by atoms with Gasteiger partial charge in [0.1, 0.15) is 0 Å². The van der Waals surface area contributed by atoms with Gasteiger partial charge >= 0.3 is 5.69 Å². The summed E-state index contributed by atoms with van der Waals surface area (Å²) >= 11 is 5.78. The zero-order valence-electron chi connectivity index (χ0n) is 10.6. The highest BCUT2D eigenvalue weighted by Crippen LogP contribution is 2.32. The number of aromatic nitrogens is 3. The summed E-state index contributed by atoms with van der Waals surface area (Å²) in [4.78, 5) is 10.1. The first kappa shape index (κ1) is 13.9. The van der Waals surface area contributed by atoms with Crippen molar-refractivity contribution in [2.45, 2.75) is 13.8 Å². The Hall–Kier alpha value is -2.48. The van der Waals surface area contributed by atoms with Crippen LogP contribution in [0.15, 0.2) is 17.2 Å². The van der Waals surface area contributed by atoms with E-state index in [1.807, 2.05) is 0 Å². The van der Waals surface area contributed by atoms with Crippen LogP contribution in [-0.4, -0.2) is 31.1 Å². The highest BCUT2D eigenvalue weighted by molar-refractivity contribution is 6.31. The third-order valence-corrected chi connectivity index (χ3v) is 2.76. The fraction of sp³-hybridized carbons (Fsp3) is 0.182. The number of aromatic hydroxyl groups is 1. The molecule has 0 aliphatic heterocycles. The lowest BCUT2D eigenvalue weighted by Gasteiger charge is -2.02. The van der Waals surface area contributed by atoms with E-state index < -0.39 is 16.4 Å². The molecule has 1 N–H and O–H groups in total. The number of aryl methyl sites for hydroxylation is 2. The van der Waals surface area contributed by atoms with Crippen molar-refractivity contribution in [3.8, 4) is 5.75 Å². The first-order valence-electron chi connectivity index (χ1n) is 5.50. The van der Waals surface area contributed by atoms with Gasteiger partial charge in [-0.3, -0.25) is 10.1 Å². The molecule has 0 atom stereocenters. The zero-order valence-corrected chi connectivity index (χ0v) is 11.4. The molecule has 0 spiro atoms. The van der Waals surface area contributed by atoms with E-state index in [0.717, 1.165) is 6.07 Å². The van der Waals surface area contributed by atoms with Crippen LogP contribution >= 0.6 is 11.6 Å². The number of halogens is 1. The number of hydrogen-bond acceptors (Lipinski definition) is 6. The second-order valence-electron chi connectivity index (χ2n) is 3.97. The lowest BCUT2D eigenvalue weighted by atomic mass is 10.2. The minimum Gasteiger partial charge on any atom is -0.502 e. The lowest BCUT2D eigenvalue weighted by molar-refractivity contribution is -0.385. The van der Waals surface area contributed by atoms with Gasteiger partial charge in [0.05, 0.1) is 11.1 Å². The van der Waals surface area contributed by atoms with E-state index in [2.05, 4.69) is 15.3 Å². The van der Waals surface area contributed by atoms with Crippen LogP contribution in [0, 0.1) is 24.0 Å². The van der Waals surface area contributed by atoms with E-state index in [-0.39, 0.29) is 10.6 Å². The largest absolute Gasteiger partial charge is 0.502 e. The number of rotatable bonds is 3. The van der Waals surface area contributed by atoms with E-state index in [0.29, 0.717) is 11.6 Å². The molecule has 0 saturated heterocycles. The van der Waals surface area contributed by atoms with Crippen LogP contribution in [0.25, 0.3) is 0 Å². The maximum atomic E-state index is 10.8. The first-order chi connectivity index (χ1) is 9.40. The number of nitro benzene ring substituents is 1. The summed E-state index contributed by atoms with van der Waals surface area (Å²) in [5.74, 6) is 0.607. The van der Waals surface area contributed by atoms with Crippen LogP contribution in [-0.2, 0) is 0 Å². The number of nitro groups is 1. The number of nitrogens with zero attached hydrogens (tertiary/aromatic N) is 5. The van der Waals surface area contributed by atoms with Gasteiger partial charge < -0.3 is 5.11 Å². The Morgan fingerprint density at radius 3 is 2.55 bits per heavy atom. The third kappa shape index (κ3) is 2.59. The Labute approximate surface area is 118 Å². The predicted octanol–water partition coefficient (Wildman–Crippen LogP) is 2.04. The molecule has 0 radical (unpaired) electrons. The van der Waals surface area contributed by atoms with Crippen LogP contribution < -0.4 is 0 Å². The average Bonchev–Trinajstić information content (AvgIpc) is 2.69. The highest BCUT2D eigenvalue weighted by atomic mass is 35.5. The van der Waals surface area contributed by atoms with Crippen molar-refractivity contribution in [2.75, 3.05) is 0 Å². The molecule has 1 heterocycles. The van der Waals surface area contributed by atoms with Crippen molar-refractivity contribution < 1.29 is 10.0 Å². The fourth-order valence-corrected chi connectivity index (χ4v) is 1.81. The minimum absolute atomic E-state index is 0.133. The van der Waals surface area contributed by atoms with Crippen LogP contribution in [0.5, 0.6) is 5.75 Å². The van der Waals surface area contributed by atoms with Crippen molar-refractivity contribution in [1.29, 1.82) is 0 Å². The molecule has 9 heteroatoms. The Morgan fingerprint density at radius 2 is 2.00 bits per heavy atom. The normalized spacial score (nSPS) is 11.2. The monoisotopic (exact) mass is 295 g/mol. The van der Waals surface area contributed by atoms with E-state index in [1.165, 1.54) is 17.0 Å². The van der Waals surface area contributed by atoms with Gasteiger partial charge in [-0.1, -0.05) is 11.6 Å². The number of benzene rings is 1. The fourth-order valence-electron chi connectivity index (χ4n) is 1.59. The quantitative estimate of drug-likeness (QED) is 0.530. The Bertz CT molecular complexity index is 691. The molecule has 0 saturated carbocycles. The molecule has 1 aromatic carbocycles. The predicted molar refractivity (Wildman–Crippen MR) is 72.3 cm³/mol. The number of hydrogen-bond donors (Lipinski definition) is 1.